The van der Waals surface area contributed by atoms with E-state index in [-0.39, 0.29) is 12.6 Å². The first-order chi connectivity index (χ1) is 12.6. The number of aliphatic hydroxyl groups excluding tert-OH is 1. The third-order valence-electron chi connectivity index (χ3n) is 4.26. The van der Waals surface area contributed by atoms with Crippen LogP contribution in [0.4, 0.5) is 0 Å². The molecule has 0 heterocycles. The third-order valence-corrected chi connectivity index (χ3v) is 4.26. The van der Waals surface area contributed by atoms with Gasteiger partial charge in [-0.05, 0) is 30.0 Å². The number of hydrogen-bond donors (Lipinski definition) is 1. The summed E-state index contributed by atoms with van der Waals surface area (Å²) in [6, 6.07) is 18.5. The topological polar surface area (TPSA) is 49.8 Å². The zero-order valence-electron chi connectivity index (χ0n) is 15.7. The Morgan fingerprint density at radius 1 is 1.08 bits per heavy atom. The minimum absolute atomic E-state index is 0.0396. The molecule has 0 aliphatic carbocycles. The Morgan fingerprint density at radius 3 is 2.46 bits per heavy atom. The van der Waals surface area contributed by atoms with Crippen molar-refractivity contribution < 1.29 is 14.6 Å². The smallest absolute Gasteiger partial charge is 0.305 e. The standard InChI is InChI=1S/C22H29NO3/c1-3-9-22(25)26-17-21(24)16-23(14-19-11-5-4-6-12-19)15-20-13-8-7-10-18(20)2/h4-8,10-13,21,24H,3,9,14-17H2,1-2H3/t21-/m1/s1. The zero-order chi connectivity index (χ0) is 18.8. The van der Waals surface area contributed by atoms with Gasteiger partial charge in [-0.1, -0.05) is 61.5 Å². The van der Waals surface area contributed by atoms with Crippen LogP contribution in [0.15, 0.2) is 54.6 Å². The Kier molecular flexibility index (Phi) is 8.32. The lowest BCUT2D eigenvalue weighted by Gasteiger charge is -2.26. The van der Waals surface area contributed by atoms with Gasteiger partial charge in [0.15, 0.2) is 0 Å². The number of ether oxygens (including phenoxy) is 1. The highest BCUT2D eigenvalue weighted by Gasteiger charge is 2.15. The molecule has 4 heteroatoms. The summed E-state index contributed by atoms with van der Waals surface area (Å²) in [5.41, 5.74) is 3.66. The van der Waals surface area contributed by atoms with Crippen molar-refractivity contribution in [3.05, 3.63) is 71.3 Å². The number of carbonyl (C=O) groups is 1. The van der Waals surface area contributed by atoms with Crippen molar-refractivity contribution in [1.29, 1.82) is 0 Å². The van der Waals surface area contributed by atoms with E-state index in [4.69, 9.17) is 4.74 Å². The molecule has 0 unspecified atom stereocenters. The Balaban J connectivity index is 2.00. The van der Waals surface area contributed by atoms with Gasteiger partial charge >= 0.3 is 5.97 Å². The van der Waals surface area contributed by atoms with Gasteiger partial charge in [0.25, 0.3) is 0 Å². The Labute approximate surface area is 156 Å². The molecule has 0 bridgehead atoms. The van der Waals surface area contributed by atoms with E-state index >= 15 is 0 Å². The van der Waals surface area contributed by atoms with Crippen molar-refractivity contribution in [2.24, 2.45) is 0 Å². The second-order valence-electron chi connectivity index (χ2n) is 6.67. The highest BCUT2D eigenvalue weighted by molar-refractivity contribution is 5.69. The van der Waals surface area contributed by atoms with Crippen molar-refractivity contribution in [2.45, 2.75) is 45.9 Å². The highest BCUT2D eigenvalue weighted by atomic mass is 16.5. The molecule has 1 N–H and O–H groups in total. The molecule has 0 radical (unpaired) electrons. The summed E-state index contributed by atoms with van der Waals surface area (Å²) < 4.78 is 5.15. The van der Waals surface area contributed by atoms with Gasteiger partial charge in [-0.2, -0.15) is 0 Å². The van der Waals surface area contributed by atoms with Gasteiger partial charge in [-0.3, -0.25) is 9.69 Å². The molecular formula is C22H29NO3. The van der Waals surface area contributed by atoms with E-state index in [2.05, 4.69) is 36.1 Å². The number of benzene rings is 2. The molecular weight excluding hydrogens is 326 g/mol. The summed E-state index contributed by atoms with van der Waals surface area (Å²) in [5, 5.41) is 10.3. The van der Waals surface area contributed by atoms with Gasteiger partial charge in [0, 0.05) is 26.1 Å². The predicted molar refractivity (Wildman–Crippen MR) is 104 cm³/mol. The number of aliphatic hydroxyl groups is 1. The summed E-state index contributed by atoms with van der Waals surface area (Å²) in [6.45, 7) is 5.98. The molecule has 1 atom stereocenters. The van der Waals surface area contributed by atoms with Gasteiger partial charge < -0.3 is 9.84 Å². The summed E-state index contributed by atoms with van der Waals surface area (Å²) in [4.78, 5) is 13.7. The van der Waals surface area contributed by atoms with Crippen LogP contribution >= 0.6 is 0 Å². The summed E-state index contributed by atoms with van der Waals surface area (Å²) in [7, 11) is 0. The van der Waals surface area contributed by atoms with E-state index in [0.717, 1.165) is 19.5 Å². The van der Waals surface area contributed by atoms with Crippen molar-refractivity contribution in [1.82, 2.24) is 4.90 Å². The Morgan fingerprint density at radius 2 is 1.77 bits per heavy atom. The second-order valence-corrected chi connectivity index (χ2v) is 6.67. The summed E-state index contributed by atoms with van der Waals surface area (Å²) in [6.07, 6.45) is 0.440. The maximum absolute atomic E-state index is 11.5. The largest absolute Gasteiger partial charge is 0.463 e. The molecule has 0 saturated carbocycles. The van der Waals surface area contributed by atoms with Crippen LogP contribution in [-0.4, -0.2) is 35.2 Å². The lowest BCUT2D eigenvalue weighted by atomic mass is 10.1. The van der Waals surface area contributed by atoms with Gasteiger partial charge in [-0.25, -0.2) is 0 Å². The quantitative estimate of drug-likeness (QED) is 0.660. The number of esters is 1. The van der Waals surface area contributed by atoms with Crippen LogP contribution in [0.25, 0.3) is 0 Å². The van der Waals surface area contributed by atoms with Crippen molar-refractivity contribution >= 4 is 5.97 Å². The van der Waals surface area contributed by atoms with Gasteiger partial charge in [0.05, 0.1) is 0 Å². The Hall–Kier alpha value is -2.17. The van der Waals surface area contributed by atoms with E-state index in [1.807, 2.05) is 37.3 Å². The van der Waals surface area contributed by atoms with Crippen LogP contribution in [0.5, 0.6) is 0 Å². The molecule has 0 saturated heterocycles. The monoisotopic (exact) mass is 355 g/mol. The Bertz CT molecular complexity index is 672. The first-order valence-electron chi connectivity index (χ1n) is 9.23. The van der Waals surface area contributed by atoms with Crippen LogP contribution in [0.1, 0.15) is 36.5 Å². The number of carbonyl (C=O) groups excluding carboxylic acids is 1. The molecule has 26 heavy (non-hydrogen) atoms. The molecule has 0 fully saturated rings. The van der Waals surface area contributed by atoms with Crippen molar-refractivity contribution in [3.8, 4) is 0 Å². The summed E-state index contributed by atoms with van der Waals surface area (Å²) >= 11 is 0. The average molecular weight is 355 g/mol. The van der Waals surface area contributed by atoms with E-state index < -0.39 is 6.10 Å². The number of nitrogens with zero attached hydrogens (tertiary/aromatic N) is 1. The van der Waals surface area contributed by atoms with Crippen LogP contribution in [0.3, 0.4) is 0 Å². The van der Waals surface area contributed by atoms with E-state index in [1.54, 1.807) is 0 Å². The van der Waals surface area contributed by atoms with Gasteiger partial charge in [0.2, 0.25) is 0 Å². The SMILES string of the molecule is CCCC(=O)OC[C@H](O)CN(Cc1ccccc1)Cc1ccccc1C. The maximum atomic E-state index is 11.5. The normalized spacial score (nSPS) is 12.2. The molecule has 2 aromatic rings. The van der Waals surface area contributed by atoms with Crippen LogP contribution < -0.4 is 0 Å². The fourth-order valence-electron chi connectivity index (χ4n) is 2.87. The van der Waals surface area contributed by atoms with Crippen LogP contribution in [-0.2, 0) is 22.6 Å². The molecule has 4 nitrogen and oxygen atoms in total. The first kappa shape index (κ1) is 20.1. The number of hydrogen-bond acceptors (Lipinski definition) is 4. The van der Waals surface area contributed by atoms with Crippen LogP contribution in [0.2, 0.25) is 0 Å². The number of aryl methyl sites for hydroxylation is 1. The fourth-order valence-corrected chi connectivity index (χ4v) is 2.87. The lowest BCUT2D eigenvalue weighted by molar-refractivity contribution is -0.147. The maximum Gasteiger partial charge on any atom is 0.305 e. The first-order valence-corrected chi connectivity index (χ1v) is 9.23. The lowest BCUT2D eigenvalue weighted by Crippen LogP contribution is -2.35. The number of rotatable bonds is 10. The molecule has 2 rings (SSSR count). The zero-order valence-corrected chi connectivity index (χ0v) is 15.7. The summed E-state index contributed by atoms with van der Waals surface area (Å²) in [5.74, 6) is -0.250. The average Bonchev–Trinajstić information content (AvgIpc) is 2.63. The molecule has 0 spiro atoms. The van der Waals surface area contributed by atoms with Crippen LogP contribution in [0, 0.1) is 6.92 Å². The van der Waals surface area contributed by atoms with E-state index in [9.17, 15) is 9.90 Å². The fraction of sp³-hybridized carbons (Fsp3) is 0.409. The van der Waals surface area contributed by atoms with Crippen molar-refractivity contribution in [2.75, 3.05) is 13.2 Å². The second kappa shape index (κ2) is 10.7. The van der Waals surface area contributed by atoms with Gasteiger partial charge in [-0.15, -0.1) is 0 Å². The molecule has 0 aromatic heterocycles. The minimum atomic E-state index is -0.705. The molecule has 0 amide bonds. The predicted octanol–water partition coefficient (Wildman–Crippen LogP) is 3.70. The van der Waals surface area contributed by atoms with E-state index in [0.29, 0.717) is 13.0 Å². The molecule has 2 aromatic carbocycles. The van der Waals surface area contributed by atoms with Gasteiger partial charge in [0.1, 0.15) is 12.7 Å². The minimum Gasteiger partial charge on any atom is -0.463 e. The molecule has 0 aliphatic rings. The van der Waals surface area contributed by atoms with E-state index in [1.165, 1.54) is 16.7 Å². The highest BCUT2D eigenvalue weighted by Crippen LogP contribution is 2.14. The molecule has 0 aliphatic heterocycles. The van der Waals surface area contributed by atoms with Crippen molar-refractivity contribution in [3.63, 3.8) is 0 Å². The third kappa shape index (κ3) is 6.98. The molecule has 140 valence electrons.